The summed E-state index contributed by atoms with van der Waals surface area (Å²) in [4.78, 5) is 18.0. The standard InChI is InChI=1S/C68H70N4O24/c73-25-45-53(77)57(81)61(85)65(93-45)89-33-9-1-29(2-10-33)49-37-17-19-39(69-37)50(30-3-11-34(12-4-30)90-66-62(86)58(82)54(78)46(26-74)94-66)41-21-23-43(71-41)52(32-7-15-36(16-8-32)92-68-64(88)60(84)56(80)48(28-76)96-68)44-24-22-42(72-44)51(40-20-18-38(49)70-40)31-5-13-35(14-6-31)91-67-63(87)59(83)55(79)47(27-75)95-67/h1-24,45-48,53-69,72-88H,25-28H2/t45-,46?,47?,48?,53?,54-,55-,56-,57-,58+,59?,60+,61-,62?,63+,64?,65?,66-,67-,68-/m1/s1. The fourth-order valence-corrected chi connectivity index (χ4v) is 12.4. The van der Waals surface area contributed by atoms with Gasteiger partial charge in [-0.05, 0) is 119 Å². The number of benzene rings is 4. The first-order valence-corrected chi connectivity index (χ1v) is 30.8. The highest BCUT2D eigenvalue weighted by atomic mass is 16.7. The Kier molecular flexibility index (Phi) is 19.2. The van der Waals surface area contributed by atoms with Gasteiger partial charge < -0.3 is 130 Å². The van der Waals surface area contributed by atoms with E-state index >= 15 is 0 Å². The first-order valence-electron chi connectivity index (χ1n) is 30.8. The lowest BCUT2D eigenvalue weighted by Gasteiger charge is -2.39. The van der Waals surface area contributed by atoms with Crippen LogP contribution in [0.5, 0.6) is 23.0 Å². The number of aromatic nitrogens is 4. The minimum Gasteiger partial charge on any atom is -0.462 e. The van der Waals surface area contributed by atoms with Crippen LogP contribution < -0.4 is 18.9 Å². The number of H-pyrrole nitrogens is 2. The third-order valence-corrected chi connectivity index (χ3v) is 17.7. The first-order chi connectivity index (χ1) is 46.3. The predicted molar refractivity (Wildman–Crippen MR) is 338 cm³/mol. The van der Waals surface area contributed by atoms with Crippen molar-refractivity contribution in [2.24, 2.45) is 0 Å². The molecule has 8 unspecified atom stereocenters. The van der Waals surface area contributed by atoms with Gasteiger partial charge in [0.15, 0.2) is 0 Å². The summed E-state index contributed by atoms with van der Waals surface area (Å²) in [6.07, 6.45) is -23.4. The van der Waals surface area contributed by atoms with Gasteiger partial charge in [0.05, 0.1) is 49.2 Å². The van der Waals surface area contributed by atoms with Crippen molar-refractivity contribution in [2.75, 3.05) is 26.4 Å². The highest BCUT2D eigenvalue weighted by molar-refractivity contribution is 6.00. The summed E-state index contributed by atoms with van der Waals surface area (Å²) < 4.78 is 46.6. The molecule has 18 N–H and O–H groups in total. The zero-order chi connectivity index (χ0) is 67.4. The summed E-state index contributed by atoms with van der Waals surface area (Å²) in [6, 6.07) is 34.2. The van der Waals surface area contributed by atoms with Crippen molar-refractivity contribution in [1.82, 2.24) is 19.9 Å². The second kappa shape index (κ2) is 27.8. The summed E-state index contributed by atoms with van der Waals surface area (Å²) >= 11 is 0. The molecule has 0 spiro atoms. The first kappa shape index (κ1) is 66.5. The minimum atomic E-state index is -1.69. The second-order valence-electron chi connectivity index (χ2n) is 23.9. The molecule has 9 heterocycles. The lowest BCUT2D eigenvalue weighted by Crippen LogP contribution is -2.60. The maximum absolute atomic E-state index is 10.8. The van der Waals surface area contributed by atoms with Crippen molar-refractivity contribution >= 4 is 46.4 Å². The van der Waals surface area contributed by atoms with Crippen LogP contribution >= 0.6 is 0 Å². The Morgan fingerprint density at radius 3 is 0.656 bits per heavy atom. The summed E-state index contributed by atoms with van der Waals surface area (Å²) in [7, 11) is 0. The number of ether oxygens (including phenoxy) is 8. The molecule has 96 heavy (non-hydrogen) atoms. The normalized spacial score (nSPS) is 31.2. The molecule has 0 saturated carbocycles. The average Bonchev–Trinajstić information content (AvgIpc) is 1.66. The summed E-state index contributed by atoms with van der Waals surface area (Å²) in [5.74, 6) is 0.772. The van der Waals surface area contributed by atoms with Crippen molar-refractivity contribution in [3.8, 4) is 67.5 Å². The van der Waals surface area contributed by atoms with Crippen LogP contribution in [0.2, 0.25) is 0 Å². The average molecular weight is 1330 g/mol. The maximum Gasteiger partial charge on any atom is 0.229 e. The topological polar surface area (TPSA) is 455 Å². The summed E-state index contributed by atoms with van der Waals surface area (Å²) in [5, 5.41) is 167. The lowest BCUT2D eigenvalue weighted by atomic mass is 9.99. The molecular formula is C68H70N4O24. The van der Waals surface area contributed by atoms with Crippen molar-refractivity contribution < 1.29 is 120 Å². The van der Waals surface area contributed by atoms with E-state index in [1.807, 2.05) is 48.6 Å². The Morgan fingerprint density at radius 1 is 0.271 bits per heavy atom. The van der Waals surface area contributed by atoms with Crippen LogP contribution in [0.1, 0.15) is 22.8 Å². The van der Waals surface area contributed by atoms with Crippen molar-refractivity contribution in [3.63, 3.8) is 0 Å². The number of aromatic amines is 2. The van der Waals surface area contributed by atoms with Gasteiger partial charge in [-0.1, -0.05) is 48.5 Å². The zero-order valence-corrected chi connectivity index (χ0v) is 50.5. The van der Waals surface area contributed by atoms with Crippen molar-refractivity contribution in [2.45, 2.75) is 123 Å². The molecule has 8 bridgehead atoms. The lowest BCUT2D eigenvalue weighted by molar-refractivity contribution is -0.277. The Labute approximate surface area is 544 Å². The van der Waals surface area contributed by atoms with E-state index in [-0.39, 0.29) is 23.0 Å². The van der Waals surface area contributed by atoms with Crippen LogP contribution in [0.3, 0.4) is 0 Å². The van der Waals surface area contributed by atoms with E-state index in [0.29, 0.717) is 89.4 Å². The Hall–Kier alpha value is -8.12. The molecule has 0 aliphatic carbocycles. The quantitative estimate of drug-likeness (QED) is 0.0607. The molecule has 3 aromatic heterocycles. The van der Waals surface area contributed by atoms with E-state index in [0.717, 1.165) is 0 Å². The molecule has 0 amide bonds. The van der Waals surface area contributed by atoms with Crippen molar-refractivity contribution in [1.29, 1.82) is 0 Å². The van der Waals surface area contributed by atoms with Gasteiger partial charge in [-0.2, -0.15) is 0 Å². The van der Waals surface area contributed by atoms with Gasteiger partial charge in [0.1, 0.15) is 121 Å². The van der Waals surface area contributed by atoms with E-state index in [1.54, 1.807) is 97.1 Å². The van der Waals surface area contributed by atoms with Gasteiger partial charge in [0.2, 0.25) is 25.2 Å². The highest BCUT2D eigenvalue weighted by Crippen LogP contribution is 2.41. The van der Waals surface area contributed by atoms with Gasteiger partial charge in [0, 0.05) is 44.3 Å². The number of nitrogens with zero attached hydrogens (tertiary/aromatic N) is 2. The van der Waals surface area contributed by atoms with Gasteiger partial charge >= 0.3 is 0 Å². The number of fused-ring (bicyclic) bond motifs is 8. The fraction of sp³-hybridized carbons (Fsp3) is 0.353. The Bertz CT molecular complexity index is 3610. The maximum atomic E-state index is 10.8. The highest BCUT2D eigenvalue weighted by Gasteiger charge is 2.48. The second-order valence-corrected chi connectivity index (χ2v) is 23.9. The molecular weight excluding hydrogens is 1260 g/mol. The summed E-state index contributed by atoms with van der Waals surface area (Å²) in [5.41, 5.74) is 8.73. The number of rotatable bonds is 16. The van der Waals surface area contributed by atoms with E-state index in [4.69, 9.17) is 47.9 Å². The number of hydrogen-bond acceptors (Lipinski definition) is 26. The third-order valence-electron chi connectivity index (χ3n) is 17.7. The number of aliphatic hydroxyl groups excluding tert-OH is 16. The molecule has 28 nitrogen and oxygen atoms in total. The van der Waals surface area contributed by atoms with E-state index in [9.17, 15) is 81.7 Å². The Balaban J connectivity index is 0.980. The van der Waals surface area contributed by atoms with Crippen LogP contribution in [-0.2, 0) is 18.9 Å². The minimum absolute atomic E-state index is 0.193. The molecule has 6 aliphatic heterocycles. The van der Waals surface area contributed by atoms with Crippen molar-refractivity contribution in [3.05, 3.63) is 144 Å². The fourth-order valence-electron chi connectivity index (χ4n) is 12.4. The Morgan fingerprint density at radius 2 is 0.469 bits per heavy atom. The predicted octanol–water partition coefficient (Wildman–Crippen LogP) is 0.0384. The van der Waals surface area contributed by atoms with Gasteiger partial charge in [-0.3, -0.25) is 0 Å². The molecule has 6 aliphatic rings. The van der Waals surface area contributed by atoms with Crippen LogP contribution in [-0.4, -0.2) is 251 Å². The van der Waals surface area contributed by atoms with Gasteiger partial charge in [-0.25, -0.2) is 9.97 Å². The SMILES string of the molecule is OCC1O[C@@H](Oc2ccc(-c3c4nc(c(-c5ccc(OC6O[C@H](CO)C(O)[C@@H](O)[C@H]6O)cc5)c5ccc([nH]5)c(-c5ccc(O[C@@H]6OC(CO)[C@@H](O)[C@H](O)C6O)cc5)c5nc(c(-c6ccc(O[C@@H]7OC(CO)[C@@H](O)[C@H](O)C7O)cc6)c6ccc3[nH]6)C=C5)C=C4)cc2)[C@@H](O)C(O)[C@@H]1O. The number of nitrogens with one attached hydrogen (secondary N) is 2. The molecule has 506 valence electrons. The van der Waals surface area contributed by atoms with Gasteiger partial charge in [0.25, 0.3) is 0 Å². The monoisotopic (exact) mass is 1330 g/mol. The number of hydrogen-bond donors (Lipinski definition) is 18. The largest absolute Gasteiger partial charge is 0.462 e. The van der Waals surface area contributed by atoms with Crippen LogP contribution in [0, 0.1) is 0 Å². The van der Waals surface area contributed by atoms with Crippen LogP contribution in [0.4, 0.5) is 0 Å². The molecule has 7 aromatic rings. The zero-order valence-electron chi connectivity index (χ0n) is 50.5. The molecule has 13 rings (SSSR count). The van der Waals surface area contributed by atoms with E-state index in [1.165, 1.54) is 0 Å². The van der Waals surface area contributed by atoms with Crippen LogP contribution in [0.25, 0.3) is 90.9 Å². The summed E-state index contributed by atoms with van der Waals surface area (Å²) in [6.45, 7) is -2.65. The number of aliphatic hydroxyl groups is 16. The smallest absolute Gasteiger partial charge is 0.229 e. The van der Waals surface area contributed by atoms with E-state index < -0.39 is 149 Å². The van der Waals surface area contributed by atoms with Gasteiger partial charge in [-0.15, -0.1) is 0 Å². The van der Waals surface area contributed by atoms with Crippen LogP contribution in [0.15, 0.2) is 121 Å². The van der Waals surface area contributed by atoms with E-state index in [2.05, 4.69) is 9.97 Å². The molecule has 4 saturated heterocycles. The molecule has 28 heteroatoms. The molecule has 20 atom stereocenters. The molecule has 4 aromatic carbocycles. The third kappa shape index (κ3) is 12.8. The molecule has 4 fully saturated rings. The molecule has 0 radical (unpaired) electrons.